The van der Waals surface area contributed by atoms with Crippen molar-refractivity contribution in [1.82, 2.24) is 14.8 Å². The van der Waals surface area contributed by atoms with Crippen LogP contribution in [0.5, 0.6) is 0 Å². The summed E-state index contributed by atoms with van der Waals surface area (Å²) in [5, 5.41) is 3.60. The molecule has 1 N–H and O–H groups in total. The van der Waals surface area contributed by atoms with Crippen LogP contribution in [0.25, 0.3) is 0 Å². The van der Waals surface area contributed by atoms with Gasteiger partial charge in [0.05, 0.1) is 0 Å². The summed E-state index contributed by atoms with van der Waals surface area (Å²) < 4.78 is 0. The largest absolute Gasteiger partial charge is 0.371 e. The monoisotopic (exact) mass is 350 g/mol. The Morgan fingerprint density at radius 3 is 2.31 bits per heavy atom. The quantitative estimate of drug-likeness (QED) is 0.901. The second kappa shape index (κ2) is 7.46. The topological polar surface area (TPSA) is 48.5 Å². The van der Waals surface area contributed by atoms with E-state index in [2.05, 4.69) is 39.5 Å². The molecule has 5 heteroatoms. The molecule has 1 aromatic carbocycles. The number of pyridine rings is 1. The van der Waals surface area contributed by atoms with Crippen LogP contribution in [-0.2, 0) is 11.3 Å². The number of benzene rings is 1. The van der Waals surface area contributed by atoms with Gasteiger partial charge >= 0.3 is 0 Å². The number of carbonyl (C=O) groups is 1. The molecule has 0 atom stereocenters. The van der Waals surface area contributed by atoms with Crippen molar-refractivity contribution in [2.75, 3.05) is 31.5 Å². The van der Waals surface area contributed by atoms with Gasteiger partial charge in [0, 0.05) is 50.8 Å². The maximum atomic E-state index is 13.2. The van der Waals surface area contributed by atoms with Gasteiger partial charge in [-0.3, -0.25) is 14.7 Å². The third-order valence-corrected chi connectivity index (χ3v) is 5.58. The molecule has 0 unspecified atom stereocenters. The highest BCUT2D eigenvalue weighted by Crippen LogP contribution is 2.31. The molecule has 1 aromatic heterocycles. The third-order valence-electron chi connectivity index (χ3n) is 5.58. The van der Waals surface area contributed by atoms with Crippen LogP contribution in [-0.4, -0.2) is 52.4 Å². The van der Waals surface area contributed by atoms with E-state index < -0.39 is 5.54 Å². The molecule has 1 amide bonds. The van der Waals surface area contributed by atoms with Crippen LogP contribution in [0.4, 0.5) is 5.69 Å². The number of rotatable bonds is 5. The van der Waals surface area contributed by atoms with Crippen molar-refractivity contribution < 1.29 is 4.79 Å². The predicted molar refractivity (Wildman–Crippen MR) is 103 cm³/mol. The van der Waals surface area contributed by atoms with Gasteiger partial charge in [-0.2, -0.15) is 0 Å². The molecule has 0 saturated carbocycles. The lowest BCUT2D eigenvalue weighted by molar-refractivity contribution is -0.141. The van der Waals surface area contributed by atoms with Gasteiger partial charge < -0.3 is 10.2 Å². The maximum absolute atomic E-state index is 13.2. The van der Waals surface area contributed by atoms with Crippen LogP contribution in [0, 0.1) is 0 Å². The van der Waals surface area contributed by atoms with Gasteiger partial charge in [0.25, 0.3) is 0 Å². The molecule has 5 nitrogen and oxygen atoms in total. The molecule has 2 aliphatic heterocycles. The van der Waals surface area contributed by atoms with Crippen molar-refractivity contribution in [3.8, 4) is 0 Å². The van der Waals surface area contributed by atoms with E-state index in [4.69, 9.17) is 0 Å². The van der Waals surface area contributed by atoms with E-state index >= 15 is 0 Å². The Kier molecular flexibility index (Phi) is 4.89. The summed E-state index contributed by atoms with van der Waals surface area (Å²) in [7, 11) is 0. The van der Waals surface area contributed by atoms with Gasteiger partial charge in [0.2, 0.25) is 5.91 Å². The van der Waals surface area contributed by atoms with Crippen molar-refractivity contribution in [2.45, 2.75) is 31.3 Å². The number of anilines is 1. The lowest BCUT2D eigenvalue weighted by Gasteiger charge is -2.46. The number of carbonyl (C=O) groups excluding carboxylic acids is 1. The molecule has 0 bridgehead atoms. The third kappa shape index (κ3) is 3.58. The molecular formula is C21H26N4O. The van der Waals surface area contributed by atoms with Crippen molar-refractivity contribution in [3.63, 3.8) is 0 Å². The van der Waals surface area contributed by atoms with E-state index in [1.807, 2.05) is 35.5 Å². The number of piperidine rings is 1. The highest BCUT2D eigenvalue weighted by molar-refractivity contribution is 5.90. The summed E-state index contributed by atoms with van der Waals surface area (Å²) >= 11 is 0. The molecule has 26 heavy (non-hydrogen) atoms. The molecule has 2 saturated heterocycles. The molecule has 0 radical (unpaired) electrons. The van der Waals surface area contributed by atoms with Gasteiger partial charge in [0.15, 0.2) is 0 Å². The predicted octanol–water partition coefficient (Wildman–Crippen LogP) is 2.76. The van der Waals surface area contributed by atoms with Gasteiger partial charge in [-0.05, 0) is 49.1 Å². The Balaban J connectivity index is 1.47. The number of amides is 1. The Hall–Kier alpha value is -2.40. The van der Waals surface area contributed by atoms with Crippen LogP contribution >= 0.6 is 0 Å². The Morgan fingerprint density at radius 2 is 1.69 bits per heavy atom. The number of nitrogens with one attached hydrogen (secondary N) is 1. The summed E-state index contributed by atoms with van der Waals surface area (Å²) in [6, 6.07) is 14.3. The molecule has 136 valence electrons. The van der Waals surface area contributed by atoms with E-state index in [1.165, 1.54) is 5.56 Å². The second-order valence-electron chi connectivity index (χ2n) is 7.35. The standard InChI is InChI=1S/C21H26N4O/c26-20(25-13-4-14-25)21(23-19-5-2-1-3-6-19)9-15-24(16-10-21)17-18-7-11-22-12-8-18/h1-3,5-8,11-12,23H,4,9-10,13-17H2. The SMILES string of the molecule is O=C(N1CCC1)C1(Nc2ccccc2)CCN(Cc2ccncc2)CC1. The van der Waals surface area contributed by atoms with Gasteiger partial charge in [-0.25, -0.2) is 0 Å². The minimum atomic E-state index is -0.476. The molecule has 2 aliphatic rings. The first-order valence-electron chi connectivity index (χ1n) is 9.49. The fourth-order valence-electron chi connectivity index (χ4n) is 3.85. The first kappa shape index (κ1) is 17.0. The second-order valence-corrected chi connectivity index (χ2v) is 7.35. The van der Waals surface area contributed by atoms with Gasteiger partial charge in [0.1, 0.15) is 5.54 Å². The fourth-order valence-corrected chi connectivity index (χ4v) is 3.85. The van der Waals surface area contributed by atoms with Crippen LogP contribution in [0.15, 0.2) is 54.9 Å². The van der Waals surface area contributed by atoms with E-state index in [0.717, 1.165) is 57.7 Å². The number of hydrogen-bond acceptors (Lipinski definition) is 4. The minimum Gasteiger partial charge on any atom is -0.371 e. The smallest absolute Gasteiger partial charge is 0.248 e. The zero-order chi connectivity index (χ0) is 17.8. The Bertz CT molecular complexity index is 722. The van der Waals surface area contributed by atoms with Crippen molar-refractivity contribution >= 4 is 11.6 Å². The first-order chi connectivity index (χ1) is 12.8. The number of likely N-dealkylation sites (tertiary alicyclic amines) is 2. The molecule has 3 heterocycles. The highest BCUT2D eigenvalue weighted by Gasteiger charge is 2.44. The summed E-state index contributed by atoms with van der Waals surface area (Å²) in [4.78, 5) is 21.7. The van der Waals surface area contributed by atoms with Crippen LogP contribution < -0.4 is 5.32 Å². The summed E-state index contributed by atoms with van der Waals surface area (Å²) in [6.45, 7) is 4.56. The van der Waals surface area contributed by atoms with Crippen LogP contribution in [0.3, 0.4) is 0 Å². The van der Waals surface area contributed by atoms with Gasteiger partial charge in [-0.1, -0.05) is 18.2 Å². The normalized spacial score (nSPS) is 19.6. The van der Waals surface area contributed by atoms with Crippen molar-refractivity contribution in [2.24, 2.45) is 0 Å². The van der Waals surface area contributed by atoms with E-state index in [0.29, 0.717) is 0 Å². The Labute approximate surface area is 155 Å². The van der Waals surface area contributed by atoms with Gasteiger partial charge in [-0.15, -0.1) is 0 Å². The first-order valence-corrected chi connectivity index (χ1v) is 9.49. The van der Waals surface area contributed by atoms with Crippen molar-refractivity contribution in [1.29, 1.82) is 0 Å². The molecule has 4 rings (SSSR count). The highest BCUT2D eigenvalue weighted by atomic mass is 16.2. The molecule has 0 spiro atoms. The zero-order valence-corrected chi connectivity index (χ0v) is 15.1. The number of hydrogen-bond donors (Lipinski definition) is 1. The molecule has 2 fully saturated rings. The van der Waals surface area contributed by atoms with Crippen LogP contribution in [0.2, 0.25) is 0 Å². The average Bonchev–Trinajstić information content (AvgIpc) is 2.64. The summed E-state index contributed by atoms with van der Waals surface area (Å²) in [5.41, 5.74) is 1.83. The van der Waals surface area contributed by atoms with E-state index in [-0.39, 0.29) is 5.91 Å². The van der Waals surface area contributed by atoms with E-state index in [9.17, 15) is 4.79 Å². The van der Waals surface area contributed by atoms with Crippen LogP contribution in [0.1, 0.15) is 24.8 Å². The number of aromatic nitrogens is 1. The zero-order valence-electron chi connectivity index (χ0n) is 15.1. The lowest BCUT2D eigenvalue weighted by Crippen LogP contribution is -2.61. The average molecular weight is 350 g/mol. The van der Waals surface area contributed by atoms with Crippen molar-refractivity contribution in [3.05, 3.63) is 60.4 Å². The van der Waals surface area contributed by atoms with E-state index in [1.54, 1.807) is 0 Å². The summed E-state index contributed by atoms with van der Waals surface area (Å²) in [6.07, 6.45) is 6.48. The molecule has 2 aromatic rings. The molecule has 0 aliphatic carbocycles. The lowest BCUT2D eigenvalue weighted by atomic mass is 9.84. The number of nitrogens with zero attached hydrogens (tertiary/aromatic N) is 3. The minimum absolute atomic E-state index is 0.274. The maximum Gasteiger partial charge on any atom is 0.248 e. The molecular weight excluding hydrogens is 324 g/mol. The number of para-hydroxylation sites is 1. The fraction of sp³-hybridized carbons (Fsp3) is 0.429. The summed E-state index contributed by atoms with van der Waals surface area (Å²) in [5.74, 6) is 0.274. The Morgan fingerprint density at radius 1 is 1.00 bits per heavy atom.